The summed E-state index contributed by atoms with van der Waals surface area (Å²) in [4.78, 5) is 16.4. The van der Waals surface area contributed by atoms with E-state index in [2.05, 4.69) is 10.3 Å². The third-order valence-corrected chi connectivity index (χ3v) is 3.06. The van der Waals surface area contributed by atoms with E-state index < -0.39 is 0 Å². The van der Waals surface area contributed by atoms with Gasteiger partial charge in [0.2, 0.25) is 0 Å². The highest BCUT2D eigenvalue weighted by Gasteiger charge is 2.15. The Kier molecular flexibility index (Phi) is 4.58. The molecule has 1 N–H and O–H groups in total. The van der Waals surface area contributed by atoms with Gasteiger partial charge in [0.25, 0.3) is 5.91 Å². The van der Waals surface area contributed by atoms with Gasteiger partial charge in [0.15, 0.2) is 0 Å². The number of ether oxygens (including phenoxy) is 1. The number of pyridine rings is 1. The quantitative estimate of drug-likeness (QED) is 0.942. The number of halogens is 1. The van der Waals surface area contributed by atoms with E-state index in [4.69, 9.17) is 16.3 Å². The lowest BCUT2D eigenvalue weighted by atomic mass is 10.1. The van der Waals surface area contributed by atoms with Crippen LogP contribution in [0.1, 0.15) is 21.6 Å². The van der Waals surface area contributed by atoms with E-state index in [1.54, 1.807) is 18.3 Å². The number of benzene rings is 1. The molecule has 1 aromatic heterocycles. The van der Waals surface area contributed by atoms with Crippen LogP contribution in [-0.2, 0) is 6.54 Å². The highest BCUT2D eigenvalue weighted by atomic mass is 35.5. The van der Waals surface area contributed by atoms with Gasteiger partial charge in [-0.1, -0.05) is 17.7 Å². The van der Waals surface area contributed by atoms with Crippen LogP contribution in [0.4, 0.5) is 0 Å². The fraction of sp³-hybridized carbons (Fsp3) is 0.200. The molecule has 5 heteroatoms. The Bertz CT molecular complexity index is 615. The first kappa shape index (κ1) is 14.3. The number of amides is 1. The number of rotatable bonds is 4. The normalized spacial score (nSPS) is 10.2. The maximum Gasteiger partial charge on any atom is 0.255 e. The Morgan fingerprint density at radius 1 is 1.40 bits per heavy atom. The van der Waals surface area contributed by atoms with Crippen molar-refractivity contribution < 1.29 is 9.53 Å². The summed E-state index contributed by atoms with van der Waals surface area (Å²) in [5.41, 5.74) is 2.04. The summed E-state index contributed by atoms with van der Waals surface area (Å²) in [6.07, 6.45) is 1.69. The van der Waals surface area contributed by atoms with Crippen molar-refractivity contribution in [2.45, 2.75) is 13.5 Å². The smallest absolute Gasteiger partial charge is 0.255 e. The van der Waals surface area contributed by atoms with Gasteiger partial charge in [-0.2, -0.15) is 0 Å². The van der Waals surface area contributed by atoms with Crippen molar-refractivity contribution in [3.63, 3.8) is 0 Å². The molecule has 0 fully saturated rings. The summed E-state index contributed by atoms with van der Waals surface area (Å²) >= 11 is 5.99. The van der Waals surface area contributed by atoms with Crippen LogP contribution in [0.25, 0.3) is 0 Å². The van der Waals surface area contributed by atoms with Crippen molar-refractivity contribution in [2.24, 2.45) is 0 Å². The number of hydrogen-bond acceptors (Lipinski definition) is 3. The number of carbonyl (C=O) groups is 1. The lowest BCUT2D eigenvalue weighted by Gasteiger charge is -2.12. The number of carbonyl (C=O) groups excluding carboxylic acids is 1. The second-order valence-electron chi connectivity index (χ2n) is 4.31. The lowest BCUT2D eigenvalue weighted by molar-refractivity contribution is 0.0947. The standard InChI is InChI=1S/C15H15ClN2O2/c1-10-7-11(16)8-13(14(10)20-2)15(19)18-9-12-5-3-4-6-17-12/h3-8H,9H2,1-2H3,(H,18,19). The third kappa shape index (κ3) is 3.27. The molecule has 20 heavy (non-hydrogen) atoms. The molecule has 4 nitrogen and oxygen atoms in total. The molecule has 0 saturated carbocycles. The predicted molar refractivity (Wildman–Crippen MR) is 78.1 cm³/mol. The van der Waals surface area contributed by atoms with Crippen LogP contribution in [0.2, 0.25) is 5.02 Å². The molecule has 1 amide bonds. The third-order valence-electron chi connectivity index (χ3n) is 2.84. The van der Waals surface area contributed by atoms with Crippen molar-refractivity contribution in [1.82, 2.24) is 10.3 Å². The number of aryl methyl sites for hydroxylation is 1. The molecule has 1 heterocycles. The maximum atomic E-state index is 12.2. The van der Waals surface area contributed by atoms with Gasteiger partial charge in [-0.25, -0.2) is 0 Å². The first-order chi connectivity index (χ1) is 9.61. The SMILES string of the molecule is COc1c(C)cc(Cl)cc1C(=O)NCc1ccccn1. The zero-order valence-electron chi connectivity index (χ0n) is 11.3. The Hall–Kier alpha value is -2.07. The van der Waals surface area contributed by atoms with Crippen LogP contribution in [0, 0.1) is 6.92 Å². The van der Waals surface area contributed by atoms with Crippen LogP contribution in [-0.4, -0.2) is 18.0 Å². The molecule has 0 atom stereocenters. The van der Waals surface area contributed by atoms with Gasteiger partial charge >= 0.3 is 0 Å². The van der Waals surface area contributed by atoms with Gasteiger partial charge in [-0.15, -0.1) is 0 Å². The van der Waals surface area contributed by atoms with Gasteiger partial charge in [-0.05, 0) is 36.8 Å². The Morgan fingerprint density at radius 3 is 2.85 bits per heavy atom. The minimum Gasteiger partial charge on any atom is -0.496 e. The monoisotopic (exact) mass is 290 g/mol. The van der Waals surface area contributed by atoms with Crippen LogP contribution in [0.15, 0.2) is 36.5 Å². The van der Waals surface area contributed by atoms with E-state index in [1.165, 1.54) is 7.11 Å². The molecule has 104 valence electrons. The lowest BCUT2D eigenvalue weighted by Crippen LogP contribution is -2.24. The number of nitrogens with zero attached hydrogens (tertiary/aromatic N) is 1. The molecule has 0 aliphatic rings. The summed E-state index contributed by atoms with van der Waals surface area (Å²) in [5.74, 6) is 0.297. The van der Waals surface area contributed by atoms with Crippen molar-refractivity contribution in [2.75, 3.05) is 7.11 Å². The molecule has 0 aliphatic carbocycles. The first-order valence-corrected chi connectivity index (χ1v) is 6.52. The van der Waals surface area contributed by atoms with E-state index in [0.29, 0.717) is 22.9 Å². The van der Waals surface area contributed by atoms with Crippen LogP contribution in [0.3, 0.4) is 0 Å². The highest BCUT2D eigenvalue weighted by molar-refractivity contribution is 6.31. The number of nitrogens with one attached hydrogen (secondary N) is 1. The molecule has 2 rings (SSSR count). The second kappa shape index (κ2) is 6.39. The molecule has 1 aromatic carbocycles. The second-order valence-corrected chi connectivity index (χ2v) is 4.74. The van der Waals surface area contributed by atoms with Gasteiger partial charge in [0.05, 0.1) is 24.9 Å². The number of aromatic nitrogens is 1. The Labute approximate surface area is 122 Å². The van der Waals surface area contributed by atoms with Gasteiger partial charge in [0, 0.05) is 11.2 Å². The topological polar surface area (TPSA) is 51.2 Å². The molecule has 0 aliphatic heterocycles. The predicted octanol–water partition coefficient (Wildman–Crippen LogP) is 2.98. The molecule has 0 bridgehead atoms. The van der Waals surface area contributed by atoms with Crippen molar-refractivity contribution in [3.05, 3.63) is 58.4 Å². The van der Waals surface area contributed by atoms with E-state index >= 15 is 0 Å². The van der Waals surface area contributed by atoms with E-state index in [1.807, 2.05) is 25.1 Å². The summed E-state index contributed by atoms with van der Waals surface area (Å²) in [7, 11) is 1.53. The van der Waals surface area contributed by atoms with Crippen LogP contribution < -0.4 is 10.1 Å². The molecule has 0 spiro atoms. The van der Waals surface area contributed by atoms with Crippen molar-refractivity contribution >= 4 is 17.5 Å². The zero-order chi connectivity index (χ0) is 14.5. The molecule has 2 aromatic rings. The van der Waals surface area contributed by atoms with Crippen LogP contribution in [0.5, 0.6) is 5.75 Å². The fourth-order valence-corrected chi connectivity index (χ4v) is 2.21. The summed E-state index contributed by atoms with van der Waals surface area (Å²) in [5, 5.41) is 3.31. The first-order valence-electron chi connectivity index (χ1n) is 6.14. The number of methoxy groups -OCH3 is 1. The number of hydrogen-bond donors (Lipinski definition) is 1. The zero-order valence-corrected chi connectivity index (χ0v) is 12.1. The largest absolute Gasteiger partial charge is 0.496 e. The van der Waals surface area contributed by atoms with E-state index in [0.717, 1.165) is 11.3 Å². The van der Waals surface area contributed by atoms with Crippen molar-refractivity contribution in [3.8, 4) is 5.75 Å². The van der Waals surface area contributed by atoms with Gasteiger partial charge < -0.3 is 10.1 Å². The van der Waals surface area contributed by atoms with E-state index in [-0.39, 0.29) is 5.91 Å². The average molecular weight is 291 g/mol. The summed E-state index contributed by atoms with van der Waals surface area (Å²) < 4.78 is 5.27. The van der Waals surface area contributed by atoms with Gasteiger partial charge in [0.1, 0.15) is 5.75 Å². The molecular formula is C15H15ClN2O2. The van der Waals surface area contributed by atoms with Crippen molar-refractivity contribution in [1.29, 1.82) is 0 Å². The highest BCUT2D eigenvalue weighted by Crippen LogP contribution is 2.27. The minimum atomic E-state index is -0.238. The fourth-order valence-electron chi connectivity index (χ4n) is 1.94. The Morgan fingerprint density at radius 2 is 2.20 bits per heavy atom. The average Bonchev–Trinajstić information content (AvgIpc) is 2.45. The molecule has 0 saturated heterocycles. The summed E-state index contributed by atoms with van der Waals surface area (Å²) in [6, 6.07) is 8.91. The van der Waals surface area contributed by atoms with E-state index in [9.17, 15) is 4.79 Å². The summed E-state index contributed by atoms with van der Waals surface area (Å²) in [6.45, 7) is 2.20. The Balaban J connectivity index is 2.17. The molecule has 0 unspecified atom stereocenters. The maximum absolute atomic E-state index is 12.2. The molecule has 0 radical (unpaired) electrons. The van der Waals surface area contributed by atoms with Gasteiger partial charge in [-0.3, -0.25) is 9.78 Å². The minimum absolute atomic E-state index is 0.238. The van der Waals surface area contributed by atoms with Crippen LogP contribution >= 0.6 is 11.6 Å². The molecular weight excluding hydrogens is 276 g/mol.